The van der Waals surface area contributed by atoms with Crippen LogP contribution in [0.1, 0.15) is 15.9 Å². The zero-order valence-corrected chi connectivity index (χ0v) is 11.6. The number of rotatable bonds is 4. The minimum atomic E-state index is -1.67. The van der Waals surface area contributed by atoms with Gasteiger partial charge in [-0.1, -0.05) is 12.1 Å². The summed E-state index contributed by atoms with van der Waals surface area (Å²) in [5.41, 5.74) is 0.209. The van der Waals surface area contributed by atoms with Gasteiger partial charge >= 0.3 is 12.0 Å². The summed E-state index contributed by atoms with van der Waals surface area (Å²) in [6.07, 6.45) is 0. The van der Waals surface area contributed by atoms with Crippen LogP contribution in [0.4, 0.5) is 23.7 Å². The molecule has 23 heavy (non-hydrogen) atoms. The number of aromatic carboxylic acids is 1. The summed E-state index contributed by atoms with van der Waals surface area (Å²) in [5, 5.41) is 13.2. The Labute approximate surface area is 128 Å². The Morgan fingerprint density at radius 3 is 2.22 bits per heavy atom. The second-order valence-corrected chi connectivity index (χ2v) is 4.53. The van der Waals surface area contributed by atoms with Gasteiger partial charge in [0.25, 0.3) is 0 Å². The number of hydrogen-bond donors (Lipinski definition) is 3. The number of carbonyl (C=O) groups excluding carboxylic acids is 1. The first kappa shape index (κ1) is 16.3. The Bertz CT molecular complexity index is 748. The summed E-state index contributed by atoms with van der Waals surface area (Å²) in [6.45, 7) is 0.0387. The molecule has 0 aromatic heterocycles. The quantitative estimate of drug-likeness (QED) is 0.756. The number of nitrogens with one attached hydrogen (secondary N) is 2. The molecule has 120 valence electrons. The first-order chi connectivity index (χ1) is 10.9. The highest BCUT2D eigenvalue weighted by atomic mass is 19.2. The van der Waals surface area contributed by atoms with Crippen molar-refractivity contribution >= 4 is 17.7 Å². The van der Waals surface area contributed by atoms with Gasteiger partial charge in [0.2, 0.25) is 0 Å². The number of hydrogen-bond acceptors (Lipinski definition) is 2. The van der Waals surface area contributed by atoms with Gasteiger partial charge in [0.05, 0.1) is 11.3 Å². The fraction of sp³-hybridized carbons (Fsp3) is 0.0667. The monoisotopic (exact) mass is 324 g/mol. The van der Waals surface area contributed by atoms with E-state index in [2.05, 4.69) is 10.6 Å². The third-order valence-electron chi connectivity index (χ3n) is 2.94. The van der Waals surface area contributed by atoms with Crippen molar-refractivity contribution in [2.24, 2.45) is 0 Å². The third kappa shape index (κ3) is 4.00. The number of urea groups is 1. The molecule has 0 radical (unpaired) electrons. The number of anilines is 1. The molecule has 0 atom stereocenters. The molecule has 0 saturated heterocycles. The Morgan fingerprint density at radius 1 is 0.957 bits per heavy atom. The number of carboxylic acids is 1. The fourth-order valence-electron chi connectivity index (χ4n) is 1.74. The summed E-state index contributed by atoms with van der Waals surface area (Å²) < 4.78 is 39.2. The molecule has 2 aromatic carbocycles. The molecule has 8 heteroatoms. The highest BCUT2D eigenvalue weighted by Gasteiger charge is 2.15. The largest absolute Gasteiger partial charge is 0.478 e. The van der Waals surface area contributed by atoms with E-state index in [-0.39, 0.29) is 12.1 Å². The van der Waals surface area contributed by atoms with Gasteiger partial charge in [-0.15, -0.1) is 0 Å². The van der Waals surface area contributed by atoms with E-state index in [1.165, 1.54) is 24.3 Å². The maximum absolute atomic E-state index is 13.4. The number of amides is 2. The maximum atomic E-state index is 13.4. The fourth-order valence-corrected chi connectivity index (χ4v) is 1.74. The molecular formula is C15H11F3N2O3. The van der Waals surface area contributed by atoms with E-state index in [1.807, 2.05) is 0 Å². The van der Waals surface area contributed by atoms with Crippen molar-refractivity contribution < 1.29 is 27.9 Å². The summed E-state index contributed by atoms with van der Waals surface area (Å²) in [6, 6.07) is 6.51. The van der Waals surface area contributed by atoms with Crippen LogP contribution in [0.5, 0.6) is 0 Å². The Morgan fingerprint density at radius 2 is 1.61 bits per heavy atom. The predicted molar refractivity (Wildman–Crippen MR) is 75.6 cm³/mol. The van der Waals surface area contributed by atoms with Crippen molar-refractivity contribution in [3.63, 3.8) is 0 Å². The lowest BCUT2D eigenvalue weighted by atomic mass is 10.1. The van der Waals surface area contributed by atoms with Gasteiger partial charge in [-0.2, -0.15) is 0 Å². The second kappa shape index (κ2) is 6.82. The smallest absolute Gasteiger partial charge is 0.335 e. The molecule has 0 heterocycles. The van der Waals surface area contributed by atoms with Crippen molar-refractivity contribution in [3.05, 3.63) is 65.0 Å². The molecule has 0 aliphatic carbocycles. The average Bonchev–Trinajstić information content (AvgIpc) is 2.54. The highest BCUT2D eigenvalue weighted by molar-refractivity contribution is 5.89. The average molecular weight is 324 g/mol. The van der Waals surface area contributed by atoms with Crippen LogP contribution in [0, 0.1) is 17.5 Å². The van der Waals surface area contributed by atoms with E-state index in [0.29, 0.717) is 11.6 Å². The molecular weight excluding hydrogens is 313 g/mol. The molecule has 0 aliphatic rings. The molecule has 3 N–H and O–H groups in total. The van der Waals surface area contributed by atoms with Gasteiger partial charge in [0, 0.05) is 6.54 Å². The third-order valence-corrected chi connectivity index (χ3v) is 2.94. The molecule has 2 aromatic rings. The van der Waals surface area contributed by atoms with Crippen molar-refractivity contribution in [2.75, 3.05) is 5.32 Å². The number of benzene rings is 2. The van der Waals surface area contributed by atoms with Crippen molar-refractivity contribution in [1.82, 2.24) is 5.32 Å². The molecule has 0 fully saturated rings. The number of carboxylic acid groups (broad SMARTS) is 1. The van der Waals surface area contributed by atoms with E-state index in [9.17, 15) is 22.8 Å². The molecule has 2 amide bonds. The molecule has 0 unspecified atom stereocenters. The minimum absolute atomic E-state index is 0.0387. The Kier molecular flexibility index (Phi) is 4.85. The van der Waals surface area contributed by atoms with Gasteiger partial charge < -0.3 is 15.7 Å². The van der Waals surface area contributed by atoms with Crippen LogP contribution in [-0.4, -0.2) is 17.1 Å². The van der Waals surface area contributed by atoms with Crippen LogP contribution in [0.15, 0.2) is 36.4 Å². The topological polar surface area (TPSA) is 78.4 Å². The summed E-state index contributed by atoms with van der Waals surface area (Å²) in [5.74, 6) is -5.60. The van der Waals surface area contributed by atoms with E-state index < -0.39 is 35.1 Å². The summed E-state index contributed by atoms with van der Waals surface area (Å²) in [7, 11) is 0. The van der Waals surface area contributed by atoms with Crippen LogP contribution in [0.3, 0.4) is 0 Å². The van der Waals surface area contributed by atoms with Crippen LogP contribution >= 0.6 is 0 Å². The predicted octanol–water partition coefficient (Wildman–Crippen LogP) is 3.12. The summed E-state index contributed by atoms with van der Waals surface area (Å²) >= 11 is 0. The second-order valence-electron chi connectivity index (χ2n) is 4.53. The van der Waals surface area contributed by atoms with Crippen molar-refractivity contribution in [1.29, 1.82) is 0 Å². The van der Waals surface area contributed by atoms with Crippen LogP contribution in [0.25, 0.3) is 0 Å². The lowest BCUT2D eigenvalue weighted by Gasteiger charge is -2.09. The van der Waals surface area contributed by atoms with Crippen molar-refractivity contribution in [3.8, 4) is 0 Å². The first-order valence-corrected chi connectivity index (χ1v) is 6.39. The Balaban J connectivity index is 1.95. The van der Waals surface area contributed by atoms with E-state index in [1.54, 1.807) is 0 Å². The van der Waals surface area contributed by atoms with E-state index in [0.717, 1.165) is 6.07 Å². The normalized spacial score (nSPS) is 10.2. The molecule has 0 spiro atoms. The standard InChI is InChI=1S/C15H11F3N2O3/c16-10-5-6-11(13(18)12(10)17)20-15(23)19-7-8-1-3-9(4-2-8)14(21)22/h1-6H,7H2,(H,21,22)(H2,19,20,23). The zero-order valence-electron chi connectivity index (χ0n) is 11.6. The number of halogens is 3. The van der Waals surface area contributed by atoms with Crippen LogP contribution < -0.4 is 10.6 Å². The molecule has 0 aliphatic heterocycles. The lowest BCUT2D eigenvalue weighted by molar-refractivity contribution is 0.0697. The van der Waals surface area contributed by atoms with Gasteiger partial charge in [-0.3, -0.25) is 0 Å². The number of carbonyl (C=O) groups is 2. The van der Waals surface area contributed by atoms with E-state index >= 15 is 0 Å². The van der Waals surface area contributed by atoms with Gasteiger partial charge in [-0.05, 0) is 29.8 Å². The molecule has 5 nitrogen and oxygen atoms in total. The highest BCUT2D eigenvalue weighted by Crippen LogP contribution is 2.19. The van der Waals surface area contributed by atoms with Crippen LogP contribution in [0.2, 0.25) is 0 Å². The van der Waals surface area contributed by atoms with Gasteiger partial charge in [-0.25, -0.2) is 22.8 Å². The minimum Gasteiger partial charge on any atom is -0.478 e. The molecule has 0 bridgehead atoms. The van der Waals surface area contributed by atoms with Gasteiger partial charge in [0.1, 0.15) is 0 Å². The summed E-state index contributed by atoms with van der Waals surface area (Å²) in [4.78, 5) is 22.3. The SMILES string of the molecule is O=C(NCc1ccc(C(=O)O)cc1)Nc1ccc(F)c(F)c1F. The molecule has 0 saturated carbocycles. The maximum Gasteiger partial charge on any atom is 0.335 e. The molecule has 2 rings (SSSR count). The Hall–Kier alpha value is -3.03. The van der Waals surface area contributed by atoms with Crippen LogP contribution in [-0.2, 0) is 6.54 Å². The van der Waals surface area contributed by atoms with Crippen molar-refractivity contribution in [2.45, 2.75) is 6.54 Å². The lowest BCUT2D eigenvalue weighted by Crippen LogP contribution is -2.28. The first-order valence-electron chi connectivity index (χ1n) is 6.39. The van der Waals surface area contributed by atoms with Gasteiger partial charge in [0.15, 0.2) is 17.5 Å². The van der Waals surface area contributed by atoms with E-state index in [4.69, 9.17) is 5.11 Å². The zero-order chi connectivity index (χ0) is 17.0.